The SMILES string of the molecule is NC(=S)CC1(Cn2c(=O)ccc3ccccc32)CC1. The smallest absolute Gasteiger partial charge is 0.251 e. The molecule has 3 nitrogen and oxygen atoms in total. The molecule has 19 heavy (non-hydrogen) atoms. The van der Waals surface area contributed by atoms with Gasteiger partial charge in [-0.1, -0.05) is 30.4 Å². The van der Waals surface area contributed by atoms with Crippen LogP contribution in [0.4, 0.5) is 0 Å². The van der Waals surface area contributed by atoms with Crippen molar-refractivity contribution < 1.29 is 0 Å². The van der Waals surface area contributed by atoms with Crippen LogP contribution in [0.1, 0.15) is 19.3 Å². The van der Waals surface area contributed by atoms with Crippen molar-refractivity contribution in [1.29, 1.82) is 0 Å². The van der Waals surface area contributed by atoms with Crippen LogP contribution in [0, 0.1) is 5.41 Å². The third-order valence-corrected chi connectivity index (χ3v) is 4.04. The van der Waals surface area contributed by atoms with E-state index in [0.717, 1.165) is 30.2 Å². The van der Waals surface area contributed by atoms with Crippen molar-refractivity contribution in [2.45, 2.75) is 25.8 Å². The molecular weight excluding hydrogens is 256 g/mol. The minimum atomic E-state index is 0.0490. The summed E-state index contributed by atoms with van der Waals surface area (Å²) in [4.78, 5) is 12.7. The molecule has 1 aromatic heterocycles. The van der Waals surface area contributed by atoms with E-state index >= 15 is 0 Å². The summed E-state index contributed by atoms with van der Waals surface area (Å²) in [5.41, 5.74) is 6.82. The average molecular weight is 272 g/mol. The average Bonchev–Trinajstić information content (AvgIpc) is 3.12. The van der Waals surface area contributed by atoms with Crippen LogP contribution in [0.15, 0.2) is 41.2 Å². The molecule has 3 rings (SSSR count). The van der Waals surface area contributed by atoms with Crippen LogP contribution in [0.2, 0.25) is 0 Å². The van der Waals surface area contributed by atoms with Crippen molar-refractivity contribution in [2.75, 3.05) is 0 Å². The first-order valence-corrected chi connectivity index (χ1v) is 6.87. The maximum atomic E-state index is 12.1. The van der Waals surface area contributed by atoms with Crippen molar-refractivity contribution in [1.82, 2.24) is 4.57 Å². The second kappa shape index (κ2) is 4.46. The minimum Gasteiger partial charge on any atom is -0.393 e. The standard InChI is InChI=1S/C15H16N2OS/c16-13(19)9-15(7-8-15)10-17-12-4-2-1-3-11(12)5-6-14(17)18/h1-6H,7-10H2,(H2,16,19). The molecule has 1 heterocycles. The second-order valence-electron chi connectivity index (χ2n) is 5.46. The number of hydrogen-bond acceptors (Lipinski definition) is 2. The molecule has 0 spiro atoms. The molecule has 4 heteroatoms. The molecule has 2 N–H and O–H groups in total. The number of nitrogens with zero attached hydrogens (tertiary/aromatic N) is 1. The first-order chi connectivity index (χ1) is 9.10. The summed E-state index contributed by atoms with van der Waals surface area (Å²) in [6, 6.07) is 11.5. The van der Waals surface area contributed by atoms with Crippen molar-refractivity contribution in [2.24, 2.45) is 11.1 Å². The Hall–Kier alpha value is -1.68. The molecule has 1 aliphatic rings. The first-order valence-electron chi connectivity index (χ1n) is 6.47. The molecule has 0 bridgehead atoms. The largest absolute Gasteiger partial charge is 0.393 e. The van der Waals surface area contributed by atoms with Crippen LogP contribution in [0.5, 0.6) is 0 Å². The maximum Gasteiger partial charge on any atom is 0.251 e. The van der Waals surface area contributed by atoms with Gasteiger partial charge in [0.15, 0.2) is 0 Å². The van der Waals surface area contributed by atoms with Gasteiger partial charge in [-0.25, -0.2) is 0 Å². The monoisotopic (exact) mass is 272 g/mol. The van der Waals surface area contributed by atoms with Gasteiger partial charge >= 0.3 is 0 Å². The second-order valence-corrected chi connectivity index (χ2v) is 5.98. The predicted octanol–water partition coefficient (Wildman–Crippen LogP) is 2.46. The number of hydrogen-bond donors (Lipinski definition) is 1. The Labute approximate surface area is 117 Å². The third kappa shape index (κ3) is 2.40. The normalized spacial score (nSPS) is 16.4. The van der Waals surface area contributed by atoms with E-state index in [1.54, 1.807) is 6.07 Å². The Morgan fingerprint density at radius 2 is 2.00 bits per heavy atom. The summed E-state index contributed by atoms with van der Waals surface area (Å²) in [5, 5.41) is 1.09. The molecule has 0 atom stereocenters. The number of nitrogens with two attached hydrogens (primary N) is 1. The summed E-state index contributed by atoms with van der Waals surface area (Å²) in [7, 11) is 0. The first kappa shape index (κ1) is 12.4. The van der Waals surface area contributed by atoms with E-state index in [1.165, 1.54) is 0 Å². The topological polar surface area (TPSA) is 48.0 Å². The summed E-state index contributed by atoms with van der Waals surface area (Å²) < 4.78 is 1.86. The zero-order chi connectivity index (χ0) is 13.5. The van der Waals surface area contributed by atoms with E-state index in [9.17, 15) is 4.79 Å². The Morgan fingerprint density at radius 3 is 2.68 bits per heavy atom. The van der Waals surface area contributed by atoms with Crippen LogP contribution >= 0.6 is 12.2 Å². The molecule has 1 fully saturated rings. The highest BCUT2D eigenvalue weighted by Crippen LogP contribution is 2.50. The lowest BCUT2D eigenvalue weighted by Crippen LogP contribution is -2.27. The fourth-order valence-electron chi connectivity index (χ4n) is 2.68. The quantitative estimate of drug-likeness (QED) is 0.870. The van der Waals surface area contributed by atoms with Gasteiger partial charge in [0.2, 0.25) is 0 Å². The maximum absolute atomic E-state index is 12.1. The van der Waals surface area contributed by atoms with Crippen molar-refractivity contribution in [3.05, 3.63) is 46.8 Å². The summed E-state index contributed by atoms with van der Waals surface area (Å²) in [5.74, 6) is 0. The zero-order valence-corrected chi connectivity index (χ0v) is 11.5. The highest BCUT2D eigenvalue weighted by molar-refractivity contribution is 7.80. The summed E-state index contributed by atoms with van der Waals surface area (Å²) in [6.45, 7) is 0.713. The van der Waals surface area contributed by atoms with Gasteiger partial charge in [0.25, 0.3) is 5.56 Å². The van der Waals surface area contributed by atoms with E-state index in [2.05, 4.69) is 0 Å². The van der Waals surface area contributed by atoms with E-state index in [4.69, 9.17) is 18.0 Å². The fourth-order valence-corrected chi connectivity index (χ4v) is 2.99. The number of rotatable bonds is 4. The number of aromatic nitrogens is 1. The van der Waals surface area contributed by atoms with Gasteiger partial charge in [-0.15, -0.1) is 0 Å². The van der Waals surface area contributed by atoms with Crippen LogP contribution in [0.3, 0.4) is 0 Å². The predicted molar refractivity (Wildman–Crippen MR) is 81.3 cm³/mol. The van der Waals surface area contributed by atoms with Crippen LogP contribution < -0.4 is 11.3 Å². The van der Waals surface area contributed by atoms with Crippen LogP contribution in [0.25, 0.3) is 10.9 Å². The number of fused-ring (bicyclic) bond motifs is 1. The molecule has 0 radical (unpaired) electrons. The number of thiocarbonyl (C=S) groups is 1. The number of pyridine rings is 1. The van der Waals surface area contributed by atoms with Gasteiger partial charge in [0.05, 0.1) is 10.5 Å². The lowest BCUT2D eigenvalue weighted by molar-refractivity contribution is 0.439. The van der Waals surface area contributed by atoms with Crippen molar-refractivity contribution in [3.63, 3.8) is 0 Å². The minimum absolute atomic E-state index is 0.0490. The summed E-state index contributed by atoms with van der Waals surface area (Å²) >= 11 is 5.02. The number of benzene rings is 1. The highest BCUT2D eigenvalue weighted by Gasteiger charge is 2.43. The molecule has 1 saturated carbocycles. The van der Waals surface area contributed by atoms with E-state index < -0.39 is 0 Å². The number of para-hydroxylation sites is 1. The molecular formula is C15H16N2OS. The van der Waals surface area contributed by atoms with Gasteiger partial charge in [-0.05, 0) is 35.8 Å². The van der Waals surface area contributed by atoms with Gasteiger partial charge < -0.3 is 10.3 Å². The molecule has 98 valence electrons. The lowest BCUT2D eigenvalue weighted by Gasteiger charge is -2.17. The highest BCUT2D eigenvalue weighted by atomic mass is 32.1. The van der Waals surface area contributed by atoms with E-state index in [-0.39, 0.29) is 11.0 Å². The molecule has 1 aliphatic carbocycles. The summed E-state index contributed by atoms with van der Waals surface area (Å²) in [6.07, 6.45) is 2.93. The third-order valence-electron chi connectivity index (χ3n) is 3.90. The van der Waals surface area contributed by atoms with Gasteiger partial charge in [-0.3, -0.25) is 4.79 Å². The molecule has 1 aromatic carbocycles. The molecule has 0 amide bonds. The zero-order valence-electron chi connectivity index (χ0n) is 10.6. The molecule has 2 aromatic rings. The Kier molecular flexibility index (Phi) is 2.90. The van der Waals surface area contributed by atoms with Gasteiger partial charge in [0, 0.05) is 19.0 Å². The Morgan fingerprint density at radius 1 is 1.26 bits per heavy atom. The van der Waals surface area contributed by atoms with Crippen LogP contribution in [-0.2, 0) is 6.54 Å². The van der Waals surface area contributed by atoms with Crippen molar-refractivity contribution in [3.8, 4) is 0 Å². The molecule has 0 unspecified atom stereocenters. The van der Waals surface area contributed by atoms with E-state index in [0.29, 0.717) is 11.5 Å². The lowest BCUT2D eigenvalue weighted by atomic mass is 10.0. The Balaban J connectivity index is 2.03. The Bertz CT molecular complexity index is 701. The molecule has 0 aliphatic heterocycles. The van der Waals surface area contributed by atoms with E-state index in [1.807, 2.05) is 34.9 Å². The van der Waals surface area contributed by atoms with Gasteiger partial charge in [-0.2, -0.15) is 0 Å². The molecule has 0 saturated heterocycles. The van der Waals surface area contributed by atoms with Crippen LogP contribution in [-0.4, -0.2) is 9.56 Å². The van der Waals surface area contributed by atoms with Crippen molar-refractivity contribution >= 4 is 28.1 Å². The van der Waals surface area contributed by atoms with Gasteiger partial charge in [0.1, 0.15) is 0 Å². The fraction of sp³-hybridized carbons (Fsp3) is 0.333.